The van der Waals surface area contributed by atoms with E-state index in [9.17, 15) is 4.79 Å². The molecule has 1 aromatic heterocycles. The smallest absolute Gasteiger partial charge is 0.251 e. The monoisotopic (exact) mass is 300 g/mol. The number of imidazole rings is 1. The second kappa shape index (κ2) is 8.34. The second-order valence-corrected chi connectivity index (χ2v) is 5.15. The minimum Gasteiger partial charge on any atom is -0.352 e. The number of hydrogen-bond donors (Lipinski definition) is 1. The lowest BCUT2D eigenvalue weighted by atomic mass is 10.2. The average molecular weight is 300 g/mol. The number of hydrogen-bond acceptors (Lipinski definition) is 3. The molecule has 0 aliphatic carbocycles. The first-order valence-electron chi connectivity index (χ1n) is 7.83. The van der Waals surface area contributed by atoms with Gasteiger partial charge in [0.2, 0.25) is 0 Å². The quantitative estimate of drug-likeness (QED) is 0.761. The summed E-state index contributed by atoms with van der Waals surface area (Å²) < 4.78 is 1.91. The van der Waals surface area contributed by atoms with Crippen LogP contribution in [0.1, 0.15) is 30.6 Å². The van der Waals surface area contributed by atoms with Crippen molar-refractivity contribution in [1.29, 1.82) is 0 Å². The molecule has 118 valence electrons. The Balaban J connectivity index is 1.80. The van der Waals surface area contributed by atoms with Crippen molar-refractivity contribution in [3.63, 3.8) is 0 Å². The van der Waals surface area contributed by atoms with Crippen LogP contribution in [0, 0.1) is 0 Å². The van der Waals surface area contributed by atoms with Gasteiger partial charge in [0.25, 0.3) is 5.91 Å². The number of carbonyl (C=O) groups is 1. The fourth-order valence-corrected chi connectivity index (χ4v) is 2.34. The van der Waals surface area contributed by atoms with Crippen LogP contribution in [-0.4, -0.2) is 46.5 Å². The van der Waals surface area contributed by atoms with E-state index in [0.717, 1.165) is 31.7 Å². The number of amides is 1. The van der Waals surface area contributed by atoms with Gasteiger partial charge >= 0.3 is 0 Å². The maximum absolute atomic E-state index is 12.1. The van der Waals surface area contributed by atoms with Crippen LogP contribution < -0.4 is 5.32 Å². The van der Waals surface area contributed by atoms with Gasteiger partial charge in [-0.25, -0.2) is 4.98 Å². The van der Waals surface area contributed by atoms with Crippen LogP contribution >= 0.6 is 0 Å². The van der Waals surface area contributed by atoms with Gasteiger partial charge < -0.3 is 14.8 Å². The summed E-state index contributed by atoms with van der Waals surface area (Å²) in [4.78, 5) is 18.4. The van der Waals surface area contributed by atoms with Crippen LogP contribution in [0.3, 0.4) is 0 Å². The van der Waals surface area contributed by atoms with Crippen LogP contribution in [0.2, 0.25) is 0 Å². The molecule has 0 aliphatic heterocycles. The standard InChI is InChI=1S/C17H24N4O/c1-3-20(4-2)12-5-10-19-17(22)15-6-8-16(9-7-15)21-13-11-18-14-21/h6-9,11,13-14H,3-5,10,12H2,1-2H3,(H,19,22). The first-order valence-corrected chi connectivity index (χ1v) is 7.83. The lowest BCUT2D eigenvalue weighted by molar-refractivity contribution is 0.0952. The minimum atomic E-state index is -0.0169. The average Bonchev–Trinajstić information content (AvgIpc) is 3.09. The number of nitrogens with one attached hydrogen (secondary N) is 1. The van der Waals surface area contributed by atoms with Crippen molar-refractivity contribution in [1.82, 2.24) is 19.8 Å². The second-order valence-electron chi connectivity index (χ2n) is 5.15. The van der Waals surface area contributed by atoms with E-state index in [1.807, 2.05) is 35.0 Å². The molecule has 22 heavy (non-hydrogen) atoms. The highest BCUT2D eigenvalue weighted by Crippen LogP contribution is 2.09. The number of nitrogens with zero attached hydrogens (tertiary/aromatic N) is 3. The summed E-state index contributed by atoms with van der Waals surface area (Å²) in [6.45, 7) is 8.15. The first-order chi connectivity index (χ1) is 10.7. The molecule has 2 rings (SSSR count). The number of rotatable bonds is 8. The number of benzene rings is 1. The van der Waals surface area contributed by atoms with Crippen molar-refractivity contribution in [3.05, 3.63) is 48.5 Å². The van der Waals surface area contributed by atoms with Crippen LogP contribution in [-0.2, 0) is 0 Å². The molecule has 0 fully saturated rings. The van der Waals surface area contributed by atoms with Gasteiger partial charge in [-0.15, -0.1) is 0 Å². The molecule has 0 bridgehead atoms. The van der Waals surface area contributed by atoms with E-state index in [-0.39, 0.29) is 5.91 Å². The third-order valence-electron chi connectivity index (χ3n) is 3.76. The van der Waals surface area contributed by atoms with Crippen LogP contribution in [0.15, 0.2) is 43.0 Å². The SMILES string of the molecule is CCN(CC)CCCNC(=O)c1ccc(-n2ccnc2)cc1. The van der Waals surface area contributed by atoms with Crippen molar-refractivity contribution < 1.29 is 4.79 Å². The summed E-state index contributed by atoms with van der Waals surface area (Å²) in [7, 11) is 0. The van der Waals surface area contributed by atoms with Gasteiger partial charge in [0.05, 0.1) is 6.33 Å². The zero-order valence-corrected chi connectivity index (χ0v) is 13.3. The van der Waals surface area contributed by atoms with Crippen molar-refractivity contribution in [2.45, 2.75) is 20.3 Å². The van der Waals surface area contributed by atoms with Crippen LogP contribution in [0.25, 0.3) is 5.69 Å². The lowest BCUT2D eigenvalue weighted by Crippen LogP contribution is -2.29. The Morgan fingerprint density at radius 1 is 1.23 bits per heavy atom. The number of carbonyl (C=O) groups excluding carboxylic acids is 1. The molecule has 1 aromatic carbocycles. The molecule has 1 heterocycles. The number of aromatic nitrogens is 2. The van der Waals surface area contributed by atoms with E-state index in [2.05, 4.69) is 29.0 Å². The van der Waals surface area contributed by atoms with Gasteiger partial charge in [0.15, 0.2) is 0 Å². The molecule has 1 amide bonds. The normalized spacial score (nSPS) is 10.9. The summed E-state index contributed by atoms with van der Waals surface area (Å²) >= 11 is 0. The van der Waals surface area contributed by atoms with E-state index in [1.165, 1.54) is 0 Å². The molecule has 0 saturated carbocycles. The molecule has 0 atom stereocenters. The maximum atomic E-state index is 12.1. The van der Waals surface area contributed by atoms with Crippen molar-refractivity contribution in [3.8, 4) is 5.69 Å². The molecule has 0 aliphatic rings. The topological polar surface area (TPSA) is 50.2 Å². The molecule has 5 nitrogen and oxygen atoms in total. The Bertz CT molecular complexity index is 559. The Kier molecular flexibility index (Phi) is 6.15. The molecular formula is C17H24N4O. The fraction of sp³-hybridized carbons (Fsp3) is 0.412. The highest BCUT2D eigenvalue weighted by atomic mass is 16.1. The summed E-state index contributed by atoms with van der Waals surface area (Å²) in [5, 5.41) is 2.97. The van der Waals surface area contributed by atoms with Gasteiger partial charge in [0, 0.05) is 30.2 Å². The molecule has 2 aromatic rings. The van der Waals surface area contributed by atoms with E-state index < -0.39 is 0 Å². The van der Waals surface area contributed by atoms with Gasteiger partial charge in [-0.05, 0) is 50.3 Å². The molecular weight excluding hydrogens is 276 g/mol. The summed E-state index contributed by atoms with van der Waals surface area (Å²) in [6.07, 6.45) is 6.32. The summed E-state index contributed by atoms with van der Waals surface area (Å²) in [5.41, 5.74) is 1.68. The maximum Gasteiger partial charge on any atom is 0.251 e. The fourth-order valence-electron chi connectivity index (χ4n) is 2.34. The Morgan fingerprint density at radius 3 is 2.55 bits per heavy atom. The Labute approximate surface area is 132 Å². The zero-order valence-electron chi connectivity index (χ0n) is 13.3. The zero-order chi connectivity index (χ0) is 15.8. The predicted octanol–water partition coefficient (Wildman–Crippen LogP) is 2.33. The Morgan fingerprint density at radius 2 is 1.95 bits per heavy atom. The summed E-state index contributed by atoms with van der Waals surface area (Å²) in [6, 6.07) is 7.53. The highest BCUT2D eigenvalue weighted by Gasteiger charge is 2.05. The minimum absolute atomic E-state index is 0.0169. The van der Waals surface area contributed by atoms with E-state index in [1.54, 1.807) is 12.5 Å². The Hall–Kier alpha value is -2.14. The highest BCUT2D eigenvalue weighted by molar-refractivity contribution is 5.94. The molecule has 0 saturated heterocycles. The predicted molar refractivity (Wildman–Crippen MR) is 88.3 cm³/mol. The molecule has 5 heteroatoms. The van der Waals surface area contributed by atoms with Gasteiger partial charge in [-0.2, -0.15) is 0 Å². The van der Waals surface area contributed by atoms with Gasteiger partial charge in [0.1, 0.15) is 0 Å². The molecule has 0 spiro atoms. The van der Waals surface area contributed by atoms with E-state index in [4.69, 9.17) is 0 Å². The summed E-state index contributed by atoms with van der Waals surface area (Å²) in [5.74, 6) is -0.0169. The van der Waals surface area contributed by atoms with E-state index in [0.29, 0.717) is 12.1 Å². The van der Waals surface area contributed by atoms with Gasteiger partial charge in [-0.3, -0.25) is 4.79 Å². The van der Waals surface area contributed by atoms with E-state index >= 15 is 0 Å². The van der Waals surface area contributed by atoms with Gasteiger partial charge in [-0.1, -0.05) is 13.8 Å². The van der Waals surface area contributed by atoms with Crippen molar-refractivity contribution in [2.75, 3.05) is 26.2 Å². The molecule has 1 N–H and O–H groups in total. The molecule has 0 unspecified atom stereocenters. The lowest BCUT2D eigenvalue weighted by Gasteiger charge is -2.17. The largest absolute Gasteiger partial charge is 0.352 e. The van der Waals surface area contributed by atoms with Crippen molar-refractivity contribution in [2.24, 2.45) is 0 Å². The van der Waals surface area contributed by atoms with Crippen LogP contribution in [0.4, 0.5) is 0 Å². The molecule has 0 radical (unpaired) electrons. The third kappa shape index (κ3) is 4.43. The van der Waals surface area contributed by atoms with Crippen LogP contribution in [0.5, 0.6) is 0 Å². The van der Waals surface area contributed by atoms with Crippen molar-refractivity contribution >= 4 is 5.91 Å². The third-order valence-corrected chi connectivity index (χ3v) is 3.76. The first kappa shape index (κ1) is 16.2.